The maximum absolute atomic E-state index is 11.2. The molecule has 1 aliphatic rings. The van der Waals surface area contributed by atoms with Crippen LogP contribution in [0.5, 0.6) is 0 Å². The summed E-state index contributed by atoms with van der Waals surface area (Å²) in [5, 5.41) is 18.4. The van der Waals surface area contributed by atoms with Crippen LogP contribution in [0.4, 0.5) is 0 Å². The number of carboxylic acids is 2. The first-order valence-corrected chi connectivity index (χ1v) is 5.66. The SMILES string of the molecule is CC(C)(C(=O)O)C1COCC1C(C)(C)C(=O)O. The Balaban J connectivity index is 3.03. The summed E-state index contributed by atoms with van der Waals surface area (Å²) in [6, 6.07) is 0. The van der Waals surface area contributed by atoms with Crippen LogP contribution in [0.2, 0.25) is 0 Å². The second kappa shape index (κ2) is 4.29. The summed E-state index contributed by atoms with van der Waals surface area (Å²) in [5.41, 5.74) is -1.96. The summed E-state index contributed by atoms with van der Waals surface area (Å²) < 4.78 is 5.32. The van der Waals surface area contributed by atoms with Gasteiger partial charge in [-0.15, -0.1) is 0 Å². The van der Waals surface area contributed by atoms with Gasteiger partial charge in [0.05, 0.1) is 24.0 Å². The van der Waals surface area contributed by atoms with Crippen molar-refractivity contribution in [1.82, 2.24) is 0 Å². The lowest BCUT2D eigenvalue weighted by Gasteiger charge is -2.36. The minimum Gasteiger partial charge on any atom is -0.481 e. The zero-order valence-corrected chi connectivity index (χ0v) is 10.7. The van der Waals surface area contributed by atoms with Gasteiger partial charge in [0.2, 0.25) is 0 Å². The molecule has 2 unspecified atom stereocenters. The highest BCUT2D eigenvalue weighted by molar-refractivity contribution is 5.76. The van der Waals surface area contributed by atoms with Crippen LogP contribution in [0.15, 0.2) is 0 Å². The van der Waals surface area contributed by atoms with Crippen molar-refractivity contribution in [1.29, 1.82) is 0 Å². The summed E-state index contributed by atoms with van der Waals surface area (Å²) >= 11 is 0. The van der Waals surface area contributed by atoms with E-state index in [1.54, 1.807) is 27.7 Å². The maximum Gasteiger partial charge on any atom is 0.309 e. The molecule has 0 aliphatic carbocycles. The zero-order chi connectivity index (χ0) is 13.4. The molecule has 0 amide bonds. The van der Waals surface area contributed by atoms with Crippen LogP contribution in [-0.4, -0.2) is 35.4 Å². The molecule has 0 bridgehead atoms. The summed E-state index contributed by atoms with van der Waals surface area (Å²) in [7, 11) is 0. The molecule has 2 atom stereocenters. The molecule has 0 radical (unpaired) electrons. The normalized spacial score (nSPS) is 25.9. The Morgan fingerprint density at radius 1 is 0.941 bits per heavy atom. The van der Waals surface area contributed by atoms with Gasteiger partial charge in [0, 0.05) is 11.8 Å². The number of hydrogen-bond donors (Lipinski definition) is 2. The number of aliphatic carboxylic acids is 2. The van der Waals surface area contributed by atoms with Gasteiger partial charge in [-0.25, -0.2) is 0 Å². The van der Waals surface area contributed by atoms with Crippen LogP contribution in [0.25, 0.3) is 0 Å². The lowest BCUT2D eigenvalue weighted by molar-refractivity contribution is -0.158. The van der Waals surface area contributed by atoms with E-state index in [-0.39, 0.29) is 11.8 Å². The Bertz CT molecular complexity index is 300. The van der Waals surface area contributed by atoms with Crippen LogP contribution < -0.4 is 0 Å². The van der Waals surface area contributed by atoms with E-state index in [2.05, 4.69) is 0 Å². The van der Waals surface area contributed by atoms with E-state index in [1.165, 1.54) is 0 Å². The quantitative estimate of drug-likeness (QED) is 0.782. The summed E-state index contributed by atoms with van der Waals surface area (Å²) in [6.07, 6.45) is 0. The first-order valence-electron chi connectivity index (χ1n) is 5.66. The predicted molar refractivity (Wildman–Crippen MR) is 60.6 cm³/mol. The fourth-order valence-electron chi connectivity index (χ4n) is 2.29. The summed E-state index contributed by atoms with van der Waals surface area (Å²) in [6.45, 7) is 7.11. The number of ether oxygens (including phenoxy) is 1. The molecule has 98 valence electrons. The standard InChI is InChI=1S/C12H20O5/c1-11(2,9(13)14)7-5-17-6-8(7)12(3,4)10(15)16/h7-8H,5-6H2,1-4H3,(H,13,14)(H,15,16). The highest BCUT2D eigenvalue weighted by Gasteiger charge is 2.52. The van der Waals surface area contributed by atoms with Crippen LogP contribution >= 0.6 is 0 Å². The topological polar surface area (TPSA) is 83.8 Å². The van der Waals surface area contributed by atoms with Crippen molar-refractivity contribution in [3.8, 4) is 0 Å². The van der Waals surface area contributed by atoms with Crippen LogP contribution in [0.3, 0.4) is 0 Å². The van der Waals surface area contributed by atoms with Gasteiger partial charge in [0.15, 0.2) is 0 Å². The van der Waals surface area contributed by atoms with Crippen molar-refractivity contribution >= 4 is 11.9 Å². The third-order valence-electron chi connectivity index (χ3n) is 4.04. The third kappa shape index (κ3) is 2.29. The largest absolute Gasteiger partial charge is 0.481 e. The Morgan fingerprint density at radius 3 is 1.47 bits per heavy atom. The molecule has 1 aliphatic heterocycles. The van der Waals surface area contributed by atoms with E-state index < -0.39 is 22.8 Å². The van der Waals surface area contributed by atoms with Gasteiger partial charge in [-0.05, 0) is 27.7 Å². The summed E-state index contributed by atoms with van der Waals surface area (Å²) in [4.78, 5) is 22.5. The number of carbonyl (C=O) groups is 2. The van der Waals surface area contributed by atoms with E-state index in [0.29, 0.717) is 13.2 Å². The number of hydrogen-bond acceptors (Lipinski definition) is 3. The van der Waals surface area contributed by atoms with E-state index >= 15 is 0 Å². The monoisotopic (exact) mass is 244 g/mol. The highest BCUT2D eigenvalue weighted by Crippen LogP contribution is 2.45. The Labute approximate surface area is 101 Å². The molecule has 2 N–H and O–H groups in total. The van der Waals surface area contributed by atoms with Crippen molar-refractivity contribution in [2.24, 2.45) is 22.7 Å². The summed E-state index contributed by atoms with van der Waals surface area (Å²) in [5.74, 6) is -2.41. The van der Waals surface area contributed by atoms with Crippen molar-refractivity contribution in [2.75, 3.05) is 13.2 Å². The van der Waals surface area contributed by atoms with E-state index in [4.69, 9.17) is 4.74 Å². The van der Waals surface area contributed by atoms with E-state index in [1.807, 2.05) is 0 Å². The van der Waals surface area contributed by atoms with Gasteiger partial charge in [-0.1, -0.05) is 0 Å². The van der Waals surface area contributed by atoms with Crippen LogP contribution in [0, 0.1) is 22.7 Å². The number of rotatable bonds is 4. The predicted octanol–water partition coefficient (Wildman–Crippen LogP) is 1.47. The third-order valence-corrected chi connectivity index (χ3v) is 4.04. The average Bonchev–Trinajstić information content (AvgIpc) is 2.66. The molecule has 1 heterocycles. The first-order chi connectivity index (χ1) is 7.61. The van der Waals surface area contributed by atoms with Gasteiger partial charge >= 0.3 is 11.9 Å². The molecule has 17 heavy (non-hydrogen) atoms. The zero-order valence-electron chi connectivity index (χ0n) is 10.7. The van der Waals surface area contributed by atoms with E-state index in [9.17, 15) is 19.8 Å². The van der Waals surface area contributed by atoms with Gasteiger partial charge < -0.3 is 14.9 Å². The Morgan fingerprint density at radius 2 is 1.24 bits per heavy atom. The molecular formula is C12H20O5. The van der Waals surface area contributed by atoms with Crippen molar-refractivity contribution in [3.05, 3.63) is 0 Å². The second-order valence-corrected chi connectivity index (χ2v) is 5.80. The molecule has 0 aromatic heterocycles. The lowest BCUT2D eigenvalue weighted by atomic mass is 9.64. The fourth-order valence-corrected chi connectivity index (χ4v) is 2.29. The number of carboxylic acid groups (broad SMARTS) is 2. The minimum atomic E-state index is -0.978. The first kappa shape index (κ1) is 14.0. The van der Waals surface area contributed by atoms with Crippen molar-refractivity contribution in [2.45, 2.75) is 27.7 Å². The van der Waals surface area contributed by atoms with Crippen molar-refractivity contribution < 1.29 is 24.5 Å². The second-order valence-electron chi connectivity index (χ2n) is 5.80. The molecule has 0 aromatic carbocycles. The van der Waals surface area contributed by atoms with E-state index in [0.717, 1.165) is 0 Å². The fraction of sp³-hybridized carbons (Fsp3) is 0.833. The molecule has 1 fully saturated rings. The Kier molecular flexibility index (Phi) is 3.52. The van der Waals surface area contributed by atoms with Crippen LogP contribution in [0.1, 0.15) is 27.7 Å². The minimum absolute atomic E-state index is 0.286. The molecule has 0 aromatic rings. The van der Waals surface area contributed by atoms with Gasteiger partial charge in [-0.2, -0.15) is 0 Å². The lowest BCUT2D eigenvalue weighted by Crippen LogP contribution is -2.44. The molecule has 0 saturated carbocycles. The molecule has 1 rings (SSSR count). The van der Waals surface area contributed by atoms with Gasteiger partial charge in [0.25, 0.3) is 0 Å². The molecule has 0 spiro atoms. The maximum atomic E-state index is 11.2. The highest BCUT2D eigenvalue weighted by atomic mass is 16.5. The molecule has 5 heteroatoms. The molecular weight excluding hydrogens is 224 g/mol. The van der Waals surface area contributed by atoms with Gasteiger partial charge in [0.1, 0.15) is 0 Å². The Hall–Kier alpha value is -1.10. The van der Waals surface area contributed by atoms with Crippen molar-refractivity contribution in [3.63, 3.8) is 0 Å². The smallest absolute Gasteiger partial charge is 0.309 e. The van der Waals surface area contributed by atoms with Crippen LogP contribution in [-0.2, 0) is 14.3 Å². The molecule has 5 nitrogen and oxygen atoms in total. The molecule has 1 saturated heterocycles. The van der Waals surface area contributed by atoms with Gasteiger partial charge in [-0.3, -0.25) is 9.59 Å². The average molecular weight is 244 g/mol.